The Morgan fingerprint density at radius 1 is 1.10 bits per heavy atom. The number of aryl methyl sites for hydroxylation is 1. The molecule has 1 aliphatic heterocycles. The van der Waals surface area contributed by atoms with Crippen LogP contribution >= 0.6 is 0 Å². The molecule has 0 spiro atoms. The van der Waals surface area contributed by atoms with E-state index in [2.05, 4.69) is 65.0 Å². The maximum atomic E-state index is 6.19. The topological polar surface area (TPSA) is 64.1 Å². The molecule has 31 heavy (non-hydrogen) atoms. The summed E-state index contributed by atoms with van der Waals surface area (Å²) in [5, 5.41) is 6.77. The summed E-state index contributed by atoms with van der Waals surface area (Å²) in [7, 11) is 1.78. The first-order valence-corrected chi connectivity index (χ1v) is 11.0. The lowest BCUT2D eigenvalue weighted by Crippen LogP contribution is -2.36. The molecule has 6 heteroatoms. The summed E-state index contributed by atoms with van der Waals surface area (Å²) < 4.78 is 17.3. The molecule has 2 aromatic carbocycles. The predicted molar refractivity (Wildman–Crippen MR) is 124 cm³/mol. The van der Waals surface area contributed by atoms with Crippen LogP contribution in [-0.2, 0) is 29.2 Å². The fourth-order valence-electron chi connectivity index (χ4n) is 3.30. The van der Waals surface area contributed by atoms with Crippen molar-refractivity contribution in [2.45, 2.75) is 59.1 Å². The SMILES string of the molecule is CN=C(NCc1ccc(COC(C)C)cc1)NCc1ccc(C)cc1OC1CCOC1. The highest BCUT2D eigenvalue weighted by atomic mass is 16.5. The molecule has 1 heterocycles. The zero-order valence-corrected chi connectivity index (χ0v) is 19.1. The fourth-order valence-corrected chi connectivity index (χ4v) is 3.30. The van der Waals surface area contributed by atoms with Gasteiger partial charge in [0, 0.05) is 32.1 Å². The molecule has 0 amide bonds. The highest BCUT2D eigenvalue weighted by molar-refractivity contribution is 5.79. The quantitative estimate of drug-likeness (QED) is 0.470. The largest absolute Gasteiger partial charge is 0.488 e. The summed E-state index contributed by atoms with van der Waals surface area (Å²) in [4.78, 5) is 4.35. The number of hydrogen-bond donors (Lipinski definition) is 2. The first kappa shape index (κ1) is 23.1. The summed E-state index contributed by atoms with van der Waals surface area (Å²) in [6, 6.07) is 14.8. The van der Waals surface area contributed by atoms with Gasteiger partial charge in [-0.3, -0.25) is 4.99 Å². The van der Waals surface area contributed by atoms with Gasteiger partial charge in [-0.15, -0.1) is 0 Å². The molecule has 0 bridgehead atoms. The Hall–Kier alpha value is -2.57. The number of guanidine groups is 1. The summed E-state index contributed by atoms with van der Waals surface area (Å²) in [6.45, 7) is 9.57. The Balaban J connectivity index is 1.51. The Bertz CT molecular complexity index is 844. The van der Waals surface area contributed by atoms with Gasteiger partial charge in [-0.1, -0.05) is 36.4 Å². The standard InChI is InChI=1S/C25H35N3O3/c1-18(2)30-16-21-8-6-20(7-9-21)14-27-25(26-4)28-15-22-10-5-19(3)13-24(22)31-23-11-12-29-17-23/h5-10,13,18,23H,11-12,14-17H2,1-4H3,(H2,26,27,28). The molecule has 168 valence electrons. The maximum absolute atomic E-state index is 6.19. The number of benzene rings is 2. The van der Waals surface area contributed by atoms with Crippen molar-refractivity contribution in [3.63, 3.8) is 0 Å². The average Bonchev–Trinajstić information content (AvgIpc) is 3.27. The second kappa shape index (κ2) is 11.7. The lowest BCUT2D eigenvalue weighted by molar-refractivity contribution is 0.0657. The van der Waals surface area contributed by atoms with E-state index in [0.717, 1.165) is 30.3 Å². The molecule has 3 rings (SSSR count). The molecule has 0 aliphatic carbocycles. The van der Waals surface area contributed by atoms with Gasteiger partial charge in [0.1, 0.15) is 11.9 Å². The van der Waals surface area contributed by atoms with Crippen molar-refractivity contribution in [2.75, 3.05) is 20.3 Å². The van der Waals surface area contributed by atoms with Gasteiger partial charge in [-0.05, 0) is 43.5 Å². The molecular formula is C25H35N3O3. The van der Waals surface area contributed by atoms with Crippen LogP contribution in [0.3, 0.4) is 0 Å². The predicted octanol–water partition coefficient (Wildman–Crippen LogP) is 3.95. The molecule has 1 aliphatic rings. The van der Waals surface area contributed by atoms with Crippen molar-refractivity contribution < 1.29 is 14.2 Å². The summed E-state index contributed by atoms with van der Waals surface area (Å²) in [5.41, 5.74) is 4.66. The minimum absolute atomic E-state index is 0.131. The highest BCUT2D eigenvalue weighted by Crippen LogP contribution is 2.23. The van der Waals surface area contributed by atoms with Gasteiger partial charge in [0.15, 0.2) is 5.96 Å². The monoisotopic (exact) mass is 425 g/mol. The lowest BCUT2D eigenvalue weighted by Gasteiger charge is -2.18. The first-order chi connectivity index (χ1) is 15.0. The number of nitrogens with zero attached hydrogens (tertiary/aromatic N) is 1. The molecule has 0 radical (unpaired) electrons. The van der Waals surface area contributed by atoms with Crippen LogP contribution in [-0.4, -0.2) is 38.4 Å². The third-order valence-electron chi connectivity index (χ3n) is 5.14. The van der Waals surface area contributed by atoms with Gasteiger partial charge >= 0.3 is 0 Å². The van der Waals surface area contributed by atoms with E-state index in [0.29, 0.717) is 26.3 Å². The molecule has 0 saturated carbocycles. The van der Waals surface area contributed by atoms with Gasteiger partial charge in [0.2, 0.25) is 0 Å². The van der Waals surface area contributed by atoms with Crippen LogP contribution in [0.2, 0.25) is 0 Å². The lowest BCUT2D eigenvalue weighted by atomic mass is 10.1. The molecule has 1 saturated heterocycles. The third kappa shape index (κ3) is 7.56. The van der Waals surface area contributed by atoms with E-state index in [-0.39, 0.29) is 12.2 Å². The molecule has 1 atom stereocenters. The van der Waals surface area contributed by atoms with Crippen molar-refractivity contribution in [1.82, 2.24) is 10.6 Å². The van der Waals surface area contributed by atoms with Crippen molar-refractivity contribution >= 4 is 5.96 Å². The smallest absolute Gasteiger partial charge is 0.191 e. The minimum atomic E-state index is 0.131. The van der Waals surface area contributed by atoms with E-state index in [1.807, 2.05) is 13.8 Å². The second-order valence-corrected chi connectivity index (χ2v) is 8.17. The van der Waals surface area contributed by atoms with Gasteiger partial charge in [-0.25, -0.2) is 0 Å². The molecule has 0 aromatic heterocycles. The first-order valence-electron chi connectivity index (χ1n) is 11.0. The van der Waals surface area contributed by atoms with E-state index in [1.165, 1.54) is 16.7 Å². The summed E-state index contributed by atoms with van der Waals surface area (Å²) in [5.74, 6) is 1.67. The summed E-state index contributed by atoms with van der Waals surface area (Å²) in [6.07, 6.45) is 1.31. The van der Waals surface area contributed by atoms with Crippen LogP contribution in [0.1, 0.15) is 42.5 Å². The Morgan fingerprint density at radius 3 is 2.52 bits per heavy atom. The van der Waals surface area contributed by atoms with Crippen LogP contribution in [0, 0.1) is 6.92 Å². The molecule has 2 aromatic rings. The Labute approximate surface area is 186 Å². The van der Waals surface area contributed by atoms with Gasteiger partial charge in [-0.2, -0.15) is 0 Å². The van der Waals surface area contributed by atoms with Crippen LogP contribution < -0.4 is 15.4 Å². The van der Waals surface area contributed by atoms with Crippen molar-refractivity contribution in [3.8, 4) is 5.75 Å². The molecule has 2 N–H and O–H groups in total. The minimum Gasteiger partial charge on any atom is -0.488 e. The van der Waals surface area contributed by atoms with E-state index in [9.17, 15) is 0 Å². The second-order valence-electron chi connectivity index (χ2n) is 8.17. The van der Waals surface area contributed by atoms with E-state index in [4.69, 9.17) is 14.2 Å². The van der Waals surface area contributed by atoms with Crippen LogP contribution in [0.4, 0.5) is 0 Å². The van der Waals surface area contributed by atoms with E-state index < -0.39 is 0 Å². The normalized spacial score (nSPS) is 16.5. The van der Waals surface area contributed by atoms with Crippen LogP contribution in [0.5, 0.6) is 5.75 Å². The molecule has 1 fully saturated rings. The zero-order valence-electron chi connectivity index (χ0n) is 19.1. The summed E-state index contributed by atoms with van der Waals surface area (Å²) >= 11 is 0. The van der Waals surface area contributed by atoms with Crippen LogP contribution in [0.25, 0.3) is 0 Å². The fraction of sp³-hybridized carbons (Fsp3) is 0.480. The zero-order chi connectivity index (χ0) is 22.1. The van der Waals surface area contributed by atoms with Crippen LogP contribution in [0.15, 0.2) is 47.5 Å². The molecule has 6 nitrogen and oxygen atoms in total. The molecular weight excluding hydrogens is 390 g/mol. The third-order valence-corrected chi connectivity index (χ3v) is 5.14. The van der Waals surface area contributed by atoms with Crippen molar-refractivity contribution in [2.24, 2.45) is 4.99 Å². The van der Waals surface area contributed by atoms with Gasteiger partial charge in [0.25, 0.3) is 0 Å². The number of nitrogens with one attached hydrogen (secondary N) is 2. The van der Waals surface area contributed by atoms with Crippen molar-refractivity contribution in [1.29, 1.82) is 0 Å². The van der Waals surface area contributed by atoms with E-state index >= 15 is 0 Å². The number of aliphatic imine (C=N–C) groups is 1. The number of hydrogen-bond acceptors (Lipinski definition) is 4. The van der Waals surface area contributed by atoms with Gasteiger partial charge in [0.05, 0.1) is 25.9 Å². The Kier molecular flexibility index (Phi) is 8.74. The average molecular weight is 426 g/mol. The highest BCUT2D eigenvalue weighted by Gasteiger charge is 2.18. The number of rotatable bonds is 9. The molecule has 1 unspecified atom stereocenters. The Morgan fingerprint density at radius 2 is 1.84 bits per heavy atom. The van der Waals surface area contributed by atoms with Crippen molar-refractivity contribution in [3.05, 3.63) is 64.7 Å². The van der Waals surface area contributed by atoms with E-state index in [1.54, 1.807) is 7.05 Å². The maximum Gasteiger partial charge on any atom is 0.191 e. The number of ether oxygens (including phenoxy) is 3. The van der Waals surface area contributed by atoms with Gasteiger partial charge < -0.3 is 24.8 Å².